The SMILES string of the molecule is CCCCC1NC(c2ccc(SC)cc2)N(C2CC2)C1=O. The fourth-order valence-corrected chi connectivity index (χ4v) is 3.46. The van der Waals surface area contributed by atoms with Crippen LogP contribution in [0.4, 0.5) is 0 Å². The highest BCUT2D eigenvalue weighted by Crippen LogP contribution is 2.38. The van der Waals surface area contributed by atoms with Crippen molar-refractivity contribution in [2.75, 3.05) is 6.26 Å². The van der Waals surface area contributed by atoms with E-state index in [9.17, 15) is 4.79 Å². The van der Waals surface area contributed by atoms with Gasteiger partial charge in [0.2, 0.25) is 5.91 Å². The molecule has 1 saturated carbocycles. The van der Waals surface area contributed by atoms with Crippen LogP contribution in [0.3, 0.4) is 0 Å². The first-order chi connectivity index (χ1) is 10.2. The molecule has 3 rings (SSSR count). The van der Waals surface area contributed by atoms with Crippen molar-refractivity contribution in [3.63, 3.8) is 0 Å². The van der Waals surface area contributed by atoms with Gasteiger partial charge in [0.1, 0.15) is 6.17 Å². The van der Waals surface area contributed by atoms with Crippen LogP contribution in [-0.2, 0) is 4.79 Å². The van der Waals surface area contributed by atoms with E-state index in [0.29, 0.717) is 11.9 Å². The number of amides is 1. The van der Waals surface area contributed by atoms with Gasteiger partial charge in [0.15, 0.2) is 0 Å². The van der Waals surface area contributed by atoms with Crippen molar-refractivity contribution in [2.45, 2.75) is 62.2 Å². The van der Waals surface area contributed by atoms with Gasteiger partial charge in [0.25, 0.3) is 0 Å². The van der Waals surface area contributed by atoms with Gasteiger partial charge in [-0.1, -0.05) is 31.9 Å². The Kier molecular flexibility index (Phi) is 4.55. The summed E-state index contributed by atoms with van der Waals surface area (Å²) in [5.74, 6) is 0.310. The molecule has 0 bridgehead atoms. The second-order valence-electron chi connectivity index (χ2n) is 6.01. The molecule has 1 aliphatic heterocycles. The van der Waals surface area contributed by atoms with E-state index in [1.807, 2.05) is 0 Å². The minimum atomic E-state index is 0.00998. The van der Waals surface area contributed by atoms with Gasteiger partial charge in [0, 0.05) is 10.9 Å². The molecule has 114 valence electrons. The third-order valence-electron chi connectivity index (χ3n) is 4.41. The van der Waals surface area contributed by atoms with E-state index in [1.54, 1.807) is 11.8 Å². The van der Waals surface area contributed by atoms with Gasteiger partial charge in [-0.3, -0.25) is 10.1 Å². The van der Waals surface area contributed by atoms with E-state index >= 15 is 0 Å². The Balaban J connectivity index is 1.79. The normalized spacial score (nSPS) is 25.6. The number of carbonyl (C=O) groups is 1. The zero-order valence-electron chi connectivity index (χ0n) is 12.8. The summed E-state index contributed by atoms with van der Waals surface area (Å²) in [6, 6.07) is 9.09. The maximum Gasteiger partial charge on any atom is 0.241 e. The van der Waals surface area contributed by atoms with Crippen molar-refractivity contribution in [3.05, 3.63) is 29.8 Å². The maximum absolute atomic E-state index is 12.7. The number of benzene rings is 1. The summed E-state index contributed by atoms with van der Waals surface area (Å²) in [6.45, 7) is 2.18. The Bertz CT molecular complexity index is 498. The molecule has 1 amide bonds. The van der Waals surface area contributed by atoms with Crippen molar-refractivity contribution >= 4 is 17.7 Å². The number of rotatable bonds is 6. The van der Waals surface area contributed by atoms with Crippen LogP contribution < -0.4 is 5.32 Å². The molecule has 0 radical (unpaired) electrons. The Morgan fingerprint density at radius 2 is 2.00 bits per heavy atom. The summed E-state index contributed by atoms with van der Waals surface area (Å²) in [6.07, 6.45) is 7.69. The molecule has 1 aromatic carbocycles. The molecule has 21 heavy (non-hydrogen) atoms. The Morgan fingerprint density at radius 1 is 1.29 bits per heavy atom. The number of hydrogen-bond acceptors (Lipinski definition) is 3. The first-order valence-corrected chi connectivity index (χ1v) is 9.19. The lowest BCUT2D eigenvalue weighted by Crippen LogP contribution is -2.33. The van der Waals surface area contributed by atoms with Crippen LogP contribution in [0.2, 0.25) is 0 Å². The zero-order chi connectivity index (χ0) is 14.8. The fourth-order valence-electron chi connectivity index (χ4n) is 3.05. The van der Waals surface area contributed by atoms with E-state index in [2.05, 4.69) is 47.7 Å². The Hall–Kier alpha value is -1.00. The van der Waals surface area contributed by atoms with Gasteiger partial charge in [-0.2, -0.15) is 0 Å². The minimum Gasteiger partial charge on any atom is -0.319 e. The summed E-state index contributed by atoms with van der Waals surface area (Å²) >= 11 is 1.75. The van der Waals surface area contributed by atoms with Gasteiger partial charge >= 0.3 is 0 Å². The van der Waals surface area contributed by atoms with Crippen molar-refractivity contribution in [1.29, 1.82) is 0 Å². The van der Waals surface area contributed by atoms with E-state index in [4.69, 9.17) is 0 Å². The molecule has 1 heterocycles. The molecule has 0 aromatic heterocycles. The Morgan fingerprint density at radius 3 is 2.57 bits per heavy atom. The van der Waals surface area contributed by atoms with Crippen LogP contribution in [0, 0.1) is 0 Å². The summed E-state index contributed by atoms with van der Waals surface area (Å²) in [5, 5.41) is 3.57. The number of hydrogen-bond donors (Lipinski definition) is 1. The van der Waals surface area contributed by atoms with E-state index < -0.39 is 0 Å². The molecular formula is C17H24N2OS. The quantitative estimate of drug-likeness (QED) is 0.816. The highest BCUT2D eigenvalue weighted by Gasteiger charge is 2.46. The summed E-state index contributed by atoms with van der Waals surface area (Å²) < 4.78 is 0. The molecule has 1 N–H and O–H groups in total. The van der Waals surface area contributed by atoms with Gasteiger partial charge in [-0.15, -0.1) is 11.8 Å². The Labute approximate surface area is 131 Å². The first kappa shape index (κ1) is 14.9. The molecular weight excluding hydrogens is 280 g/mol. The van der Waals surface area contributed by atoms with Gasteiger partial charge in [-0.05, 0) is 43.2 Å². The topological polar surface area (TPSA) is 32.3 Å². The van der Waals surface area contributed by atoms with Crippen LogP contribution in [0.5, 0.6) is 0 Å². The molecule has 4 heteroatoms. The maximum atomic E-state index is 12.7. The summed E-state index contributed by atoms with van der Waals surface area (Å²) in [7, 11) is 0. The highest BCUT2D eigenvalue weighted by molar-refractivity contribution is 7.98. The van der Waals surface area contributed by atoms with Gasteiger partial charge in [-0.25, -0.2) is 0 Å². The molecule has 2 atom stereocenters. The lowest BCUT2D eigenvalue weighted by atomic mass is 10.1. The largest absolute Gasteiger partial charge is 0.319 e. The van der Waals surface area contributed by atoms with Crippen LogP contribution >= 0.6 is 11.8 Å². The summed E-state index contributed by atoms with van der Waals surface area (Å²) in [5.41, 5.74) is 1.21. The highest BCUT2D eigenvalue weighted by atomic mass is 32.2. The van der Waals surface area contributed by atoms with Gasteiger partial charge in [0.05, 0.1) is 6.04 Å². The molecule has 2 unspecified atom stereocenters. The monoisotopic (exact) mass is 304 g/mol. The molecule has 1 aromatic rings. The smallest absolute Gasteiger partial charge is 0.241 e. The number of nitrogens with zero attached hydrogens (tertiary/aromatic N) is 1. The van der Waals surface area contributed by atoms with Crippen molar-refractivity contribution in [1.82, 2.24) is 10.2 Å². The number of carbonyl (C=O) groups excluding carboxylic acids is 1. The number of thioether (sulfide) groups is 1. The fraction of sp³-hybridized carbons (Fsp3) is 0.588. The van der Waals surface area contributed by atoms with Gasteiger partial charge < -0.3 is 4.90 Å². The predicted molar refractivity (Wildman–Crippen MR) is 87.3 cm³/mol. The predicted octanol–water partition coefficient (Wildman–Crippen LogP) is 3.56. The lowest BCUT2D eigenvalue weighted by Gasteiger charge is -2.24. The summed E-state index contributed by atoms with van der Waals surface area (Å²) in [4.78, 5) is 16.0. The van der Waals surface area contributed by atoms with E-state index in [-0.39, 0.29) is 12.2 Å². The van der Waals surface area contributed by atoms with Crippen LogP contribution in [0.25, 0.3) is 0 Å². The van der Waals surface area contributed by atoms with Crippen LogP contribution in [0.15, 0.2) is 29.2 Å². The second kappa shape index (κ2) is 6.41. The third-order valence-corrected chi connectivity index (χ3v) is 5.15. The second-order valence-corrected chi connectivity index (χ2v) is 6.89. The average Bonchev–Trinajstić information content (AvgIpc) is 3.30. The molecule has 1 saturated heterocycles. The minimum absolute atomic E-state index is 0.00998. The van der Waals surface area contributed by atoms with Crippen molar-refractivity contribution < 1.29 is 4.79 Å². The lowest BCUT2D eigenvalue weighted by molar-refractivity contribution is -0.130. The van der Waals surface area contributed by atoms with Crippen LogP contribution in [0.1, 0.15) is 50.8 Å². The van der Waals surface area contributed by atoms with Crippen molar-refractivity contribution in [3.8, 4) is 0 Å². The standard InChI is InChI=1S/C17H24N2OS/c1-3-4-5-15-17(20)19(13-8-9-13)16(18-15)12-6-10-14(21-2)11-7-12/h6-7,10-11,13,15-16,18H,3-5,8-9H2,1-2H3. The molecule has 1 aliphatic carbocycles. The average molecular weight is 304 g/mol. The molecule has 3 nitrogen and oxygen atoms in total. The van der Waals surface area contributed by atoms with E-state index in [0.717, 1.165) is 32.1 Å². The first-order valence-electron chi connectivity index (χ1n) is 7.96. The number of unbranched alkanes of at least 4 members (excludes halogenated alkanes) is 1. The van der Waals surface area contributed by atoms with Crippen molar-refractivity contribution in [2.24, 2.45) is 0 Å². The molecule has 0 spiro atoms. The number of nitrogens with one attached hydrogen (secondary N) is 1. The van der Waals surface area contributed by atoms with E-state index in [1.165, 1.54) is 10.5 Å². The molecule has 2 aliphatic rings. The zero-order valence-corrected chi connectivity index (χ0v) is 13.7. The third kappa shape index (κ3) is 3.11. The van der Waals surface area contributed by atoms with Crippen LogP contribution in [-0.4, -0.2) is 29.1 Å². The molecule has 2 fully saturated rings.